The zero-order valence-electron chi connectivity index (χ0n) is 10.4. The molecule has 2 heterocycles. The molecule has 0 atom stereocenters. The topological polar surface area (TPSA) is 58.6 Å². The Morgan fingerprint density at radius 2 is 2.00 bits per heavy atom. The molecule has 0 aromatic carbocycles. The van der Waals surface area contributed by atoms with Crippen molar-refractivity contribution in [3.8, 4) is 0 Å². The highest BCUT2D eigenvalue weighted by atomic mass is 35.5. The van der Waals surface area contributed by atoms with E-state index in [4.69, 9.17) is 16.3 Å². The molecule has 1 aliphatic heterocycles. The van der Waals surface area contributed by atoms with Gasteiger partial charge in [-0.15, -0.1) is 0 Å². The number of rotatable bonds is 3. The Morgan fingerprint density at radius 3 is 2.56 bits per heavy atom. The maximum Gasteiger partial charge on any atom is 0.172 e. The van der Waals surface area contributed by atoms with Gasteiger partial charge in [0, 0.05) is 27.2 Å². The lowest BCUT2D eigenvalue weighted by molar-refractivity contribution is 0.111. The molecule has 1 saturated heterocycles. The van der Waals surface area contributed by atoms with E-state index in [0.29, 0.717) is 44.2 Å². The lowest BCUT2D eigenvalue weighted by Crippen LogP contribution is -2.37. The van der Waals surface area contributed by atoms with Crippen LogP contribution >= 0.6 is 11.6 Å². The second-order valence-electron chi connectivity index (χ2n) is 4.16. The molecule has 0 spiro atoms. The summed E-state index contributed by atoms with van der Waals surface area (Å²) >= 11 is 6.00. The van der Waals surface area contributed by atoms with Gasteiger partial charge in [-0.2, -0.15) is 0 Å². The molecule has 98 valence electrons. The van der Waals surface area contributed by atoms with Crippen molar-refractivity contribution in [2.24, 2.45) is 0 Å². The van der Waals surface area contributed by atoms with Crippen molar-refractivity contribution >= 4 is 29.5 Å². The van der Waals surface area contributed by atoms with E-state index in [2.05, 4.69) is 9.97 Å². The summed E-state index contributed by atoms with van der Waals surface area (Å²) in [6.07, 6.45) is 0.684. The first-order chi connectivity index (χ1) is 8.63. The van der Waals surface area contributed by atoms with Gasteiger partial charge in [-0.3, -0.25) is 4.79 Å². The van der Waals surface area contributed by atoms with Crippen molar-refractivity contribution in [2.45, 2.75) is 0 Å². The van der Waals surface area contributed by atoms with Crippen LogP contribution in [0.2, 0.25) is 5.15 Å². The number of aromatic nitrogens is 2. The van der Waals surface area contributed by atoms with Gasteiger partial charge in [0.25, 0.3) is 0 Å². The number of carbonyl (C=O) groups is 1. The number of hydrogen-bond acceptors (Lipinski definition) is 6. The number of nitrogens with zero attached hydrogens (tertiary/aromatic N) is 4. The Morgan fingerprint density at radius 1 is 1.33 bits per heavy atom. The number of anilines is 2. The lowest BCUT2D eigenvalue weighted by atomic mass is 10.3. The first-order valence-electron chi connectivity index (χ1n) is 5.66. The summed E-state index contributed by atoms with van der Waals surface area (Å²) in [6, 6.07) is 0. The molecular weight excluding hydrogens is 256 g/mol. The van der Waals surface area contributed by atoms with E-state index in [1.165, 1.54) is 0 Å². The Labute approximate surface area is 111 Å². The summed E-state index contributed by atoms with van der Waals surface area (Å²) < 4.78 is 5.28. The first kappa shape index (κ1) is 13.0. The smallest absolute Gasteiger partial charge is 0.172 e. The normalized spacial score (nSPS) is 15.6. The fraction of sp³-hybridized carbons (Fsp3) is 0.545. The molecule has 7 heteroatoms. The van der Waals surface area contributed by atoms with E-state index in [0.717, 1.165) is 0 Å². The first-order valence-corrected chi connectivity index (χ1v) is 6.04. The number of carbonyl (C=O) groups excluding carboxylic acids is 1. The van der Waals surface area contributed by atoms with Crippen LogP contribution in [0.4, 0.5) is 11.6 Å². The van der Waals surface area contributed by atoms with Crippen LogP contribution in [0.15, 0.2) is 0 Å². The maximum atomic E-state index is 11.1. The molecule has 0 aliphatic carbocycles. The third kappa shape index (κ3) is 2.54. The third-order valence-electron chi connectivity index (χ3n) is 2.69. The Kier molecular flexibility index (Phi) is 3.98. The number of ether oxygens (including phenoxy) is 1. The molecule has 0 unspecified atom stereocenters. The molecule has 18 heavy (non-hydrogen) atoms. The molecule has 0 radical (unpaired) electrons. The van der Waals surface area contributed by atoms with Gasteiger partial charge in [0.05, 0.1) is 13.2 Å². The predicted molar refractivity (Wildman–Crippen MR) is 69.8 cm³/mol. The van der Waals surface area contributed by atoms with Crippen molar-refractivity contribution in [1.82, 2.24) is 9.97 Å². The molecule has 0 saturated carbocycles. The maximum absolute atomic E-state index is 11.1. The highest BCUT2D eigenvalue weighted by molar-refractivity contribution is 6.31. The fourth-order valence-corrected chi connectivity index (χ4v) is 2.08. The molecule has 0 amide bonds. The Bertz CT molecular complexity index is 447. The molecule has 1 aromatic rings. The quantitative estimate of drug-likeness (QED) is 0.759. The van der Waals surface area contributed by atoms with Gasteiger partial charge < -0.3 is 14.5 Å². The van der Waals surface area contributed by atoms with Crippen molar-refractivity contribution in [1.29, 1.82) is 0 Å². The number of hydrogen-bond donors (Lipinski definition) is 0. The SMILES string of the molecule is CN(C)c1nc(N2CCOCC2)c(C=O)nc1Cl. The largest absolute Gasteiger partial charge is 0.378 e. The van der Waals surface area contributed by atoms with Crippen LogP contribution in [0.1, 0.15) is 10.5 Å². The van der Waals surface area contributed by atoms with E-state index >= 15 is 0 Å². The zero-order valence-corrected chi connectivity index (χ0v) is 11.1. The monoisotopic (exact) mass is 270 g/mol. The van der Waals surface area contributed by atoms with E-state index < -0.39 is 0 Å². The minimum Gasteiger partial charge on any atom is -0.378 e. The van der Waals surface area contributed by atoms with Crippen molar-refractivity contribution in [3.05, 3.63) is 10.8 Å². The number of aldehydes is 1. The van der Waals surface area contributed by atoms with Gasteiger partial charge in [-0.25, -0.2) is 9.97 Å². The molecule has 0 N–H and O–H groups in total. The number of halogens is 1. The van der Waals surface area contributed by atoms with Crippen LogP contribution in [0.25, 0.3) is 0 Å². The van der Waals surface area contributed by atoms with Gasteiger partial charge in [0.1, 0.15) is 5.69 Å². The van der Waals surface area contributed by atoms with Crippen LogP contribution in [0.5, 0.6) is 0 Å². The van der Waals surface area contributed by atoms with E-state index in [9.17, 15) is 4.79 Å². The lowest BCUT2D eigenvalue weighted by Gasteiger charge is -2.29. The van der Waals surface area contributed by atoms with Gasteiger partial charge in [0.15, 0.2) is 23.1 Å². The van der Waals surface area contributed by atoms with Gasteiger partial charge in [-0.1, -0.05) is 11.6 Å². The summed E-state index contributed by atoms with van der Waals surface area (Å²) in [5, 5.41) is 0.235. The highest BCUT2D eigenvalue weighted by Crippen LogP contribution is 2.25. The molecular formula is C11H15ClN4O2. The Hall–Kier alpha value is -1.40. The van der Waals surface area contributed by atoms with E-state index in [1.54, 1.807) is 4.90 Å². The second kappa shape index (κ2) is 5.49. The summed E-state index contributed by atoms with van der Waals surface area (Å²) in [5.74, 6) is 1.13. The molecule has 6 nitrogen and oxygen atoms in total. The van der Waals surface area contributed by atoms with E-state index in [-0.39, 0.29) is 10.8 Å². The number of morpholine rings is 1. The predicted octanol–water partition coefficient (Wildman–Crippen LogP) is 0.845. The minimum atomic E-state index is 0.235. The summed E-state index contributed by atoms with van der Waals surface area (Å²) in [7, 11) is 3.67. The van der Waals surface area contributed by atoms with Gasteiger partial charge in [0.2, 0.25) is 0 Å². The van der Waals surface area contributed by atoms with Crippen LogP contribution in [0, 0.1) is 0 Å². The minimum absolute atomic E-state index is 0.235. The molecule has 1 aliphatic rings. The summed E-state index contributed by atoms with van der Waals surface area (Å²) in [4.78, 5) is 23.4. The summed E-state index contributed by atoms with van der Waals surface area (Å²) in [6.45, 7) is 2.65. The molecule has 0 bridgehead atoms. The summed E-state index contributed by atoms with van der Waals surface area (Å²) in [5.41, 5.74) is 0.271. The Balaban J connectivity index is 2.42. The van der Waals surface area contributed by atoms with Crippen LogP contribution in [-0.2, 0) is 4.74 Å². The van der Waals surface area contributed by atoms with Crippen LogP contribution < -0.4 is 9.80 Å². The second-order valence-corrected chi connectivity index (χ2v) is 4.52. The third-order valence-corrected chi connectivity index (χ3v) is 2.94. The van der Waals surface area contributed by atoms with Crippen LogP contribution in [-0.4, -0.2) is 56.7 Å². The zero-order chi connectivity index (χ0) is 13.1. The van der Waals surface area contributed by atoms with Gasteiger partial charge in [-0.05, 0) is 0 Å². The van der Waals surface area contributed by atoms with Crippen molar-refractivity contribution in [3.63, 3.8) is 0 Å². The van der Waals surface area contributed by atoms with Crippen molar-refractivity contribution in [2.75, 3.05) is 50.2 Å². The average molecular weight is 271 g/mol. The van der Waals surface area contributed by atoms with Crippen molar-refractivity contribution < 1.29 is 9.53 Å². The molecule has 1 aromatic heterocycles. The van der Waals surface area contributed by atoms with Gasteiger partial charge >= 0.3 is 0 Å². The average Bonchev–Trinajstić information content (AvgIpc) is 2.39. The molecule has 1 fully saturated rings. The standard InChI is InChI=1S/C11H15ClN4O2/c1-15(2)11-9(12)13-8(7-17)10(14-11)16-3-5-18-6-4-16/h7H,3-6H2,1-2H3. The highest BCUT2D eigenvalue weighted by Gasteiger charge is 2.20. The van der Waals surface area contributed by atoms with E-state index in [1.807, 2.05) is 19.0 Å². The van der Waals surface area contributed by atoms with Crippen LogP contribution in [0.3, 0.4) is 0 Å². The molecule has 2 rings (SSSR count). The fourth-order valence-electron chi connectivity index (χ4n) is 1.78.